The molecule has 1 fully saturated rings. The first-order chi connectivity index (χ1) is 8.03. The van der Waals surface area contributed by atoms with E-state index < -0.39 is 30.0 Å². The van der Waals surface area contributed by atoms with Crippen LogP contribution in [0.5, 0.6) is 0 Å². The van der Waals surface area contributed by atoms with E-state index in [1.54, 1.807) is 20.8 Å². The summed E-state index contributed by atoms with van der Waals surface area (Å²) in [5.74, 6) is 0. The monoisotopic (exact) mass is 268 g/mol. The van der Waals surface area contributed by atoms with Gasteiger partial charge < -0.3 is 10.5 Å². The average Bonchev–Trinajstić information content (AvgIpc) is 2.58. The summed E-state index contributed by atoms with van der Waals surface area (Å²) in [6, 6.07) is 0. The van der Waals surface area contributed by atoms with Crippen molar-refractivity contribution in [1.29, 1.82) is 0 Å². The molecule has 7 heteroatoms. The molecule has 0 aromatic heterocycles. The van der Waals surface area contributed by atoms with Gasteiger partial charge in [-0.05, 0) is 33.6 Å². The predicted molar refractivity (Wildman–Crippen MR) is 60.0 cm³/mol. The molecule has 0 aromatic carbocycles. The van der Waals surface area contributed by atoms with Crippen LogP contribution in [0.25, 0.3) is 0 Å². The molecule has 1 aliphatic rings. The fraction of sp³-hybridized carbons (Fsp3) is 0.909. The number of likely N-dealkylation sites (tertiary alicyclic amines) is 1. The molecule has 18 heavy (non-hydrogen) atoms. The summed E-state index contributed by atoms with van der Waals surface area (Å²) in [6.07, 6.45) is -5.40. The summed E-state index contributed by atoms with van der Waals surface area (Å²) in [6.45, 7) is 4.21. The van der Waals surface area contributed by atoms with E-state index in [1.807, 2.05) is 0 Å². The SMILES string of the molecule is CC(C)(C)OC(=O)N1CCCC1(CN)C(F)(F)F. The Kier molecular flexibility index (Phi) is 3.86. The molecule has 1 saturated heterocycles. The highest BCUT2D eigenvalue weighted by Crippen LogP contribution is 2.43. The minimum Gasteiger partial charge on any atom is -0.444 e. The van der Waals surface area contributed by atoms with Crippen molar-refractivity contribution in [2.75, 3.05) is 13.1 Å². The van der Waals surface area contributed by atoms with E-state index in [0.29, 0.717) is 0 Å². The first-order valence-corrected chi connectivity index (χ1v) is 5.81. The number of rotatable bonds is 1. The van der Waals surface area contributed by atoms with E-state index in [-0.39, 0.29) is 19.4 Å². The number of halogens is 3. The predicted octanol–water partition coefficient (Wildman–Crippen LogP) is 2.28. The fourth-order valence-corrected chi connectivity index (χ4v) is 2.08. The molecule has 0 radical (unpaired) electrons. The van der Waals surface area contributed by atoms with Crippen LogP contribution < -0.4 is 5.73 Å². The third-order valence-electron chi connectivity index (χ3n) is 2.97. The summed E-state index contributed by atoms with van der Waals surface area (Å²) in [5, 5.41) is 0. The number of nitrogens with zero attached hydrogens (tertiary/aromatic N) is 1. The molecule has 1 amide bonds. The molecule has 1 heterocycles. The molecular weight excluding hydrogens is 249 g/mol. The first kappa shape index (κ1) is 15.1. The smallest absolute Gasteiger partial charge is 0.413 e. The van der Waals surface area contributed by atoms with Gasteiger partial charge >= 0.3 is 12.3 Å². The molecule has 2 N–H and O–H groups in total. The number of hydrogen-bond donors (Lipinski definition) is 1. The summed E-state index contributed by atoms with van der Waals surface area (Å²) in [5.41, 5.74) is 2.17. The molecule has 0 aromatic rings. The Balaban J connectivity index is 2.97. The van der Waals surface area contributed by atoms with E-state index in [9.17, 15) is 18.0 Å². The lowest BCUT2D eigenvalue weighted by Gasteiger charge is -2.39. The van der Waals surface area contributed by atoms with Gasteiger partial charge in [-0.25, -0.2) is 4.79 Å². The van der Waals surface area contributed by atoms with E-state index in [4.69, 9.17) is 10.5 Å². The van der Waals surface area contributed by atoms with E-state index in [0.717, 1.165) is 4.90 Å². The van der Waals surface area contributed by atoms with Gasteiger partial charge in [0.1, 0.15) is 5.60 Å². The van der Waals surface area contributed by atoms with Crippen molar-refractivity contribution >= 4 is 6.09 Å². The number of alkyl halides is 3. The molecule has 0 aliphatic carbocycles. The van der Waals surface area contributed by atoms with Gasteiger partial charge in [0.2, 0.25) is 0 Å². The van der Waals surface area contributed by atoms with Crippen molar-refractivity contribution in [2.45, 2.75) is 50.9 Å². The topological polar surface area (TPSA) is 55.6 Å². The maximum Gasteiger partial charge on any atom is 0.413 e. The van der Waals surface area contributed by atoms with Crippen LogP contribution in [0, 0.1) is 0 Å². The molecule has 4 nitrogen and oxygen atoms in total. The van der Waals surface area contributed by atoms with E-state index in [2.05, 4.69) is 0 Å². The van der Waals surface area contributed by atoms with Crippen molar-refractivity contribution < 1.29 is 22.7 Å². The minimum atomic E-state index is -4.55. The average molecular weight is 268 g/mol. The van der Waals surface area contributed by atoms with Gasteiger partial charge in [0.25, 0.3) is 0 Å². The van der Waals surface area contributed by atoms with Crippen LogP contribution in [0.3, 0.4) is 0 Å². The van der Waals surface area contributed by atoms with Gasteiger partial charge in [-0.15, -0.1) is 0 Å². The Morgan fingerprint density at radius 3 is 2.33 bits per heavy atom. The number of carbonyl (C=O) groups excluding carboxylic acids is 1. The lowest BCUT2D eigenvalue weighted by Crippen LogP contribution is -2.62. The normalized spacial score (nSPS) is 25.4. The zero-order chi connectivity index (χ0) is 14.2. The second-order valence-corrected chi connectivity index (χ2v) is 5.47. The molecular formula is C11H19F3N2O2. The van der Waals surface area contributed by atoms with Gasteiger partial charge in [0.05, 0.1) is 0 Å². The van der Waals surface area contributed by atoms with Gasteiger partial charge in [0.15, 0.2) is 5.54 Å². The Morgan fingerprint density at radius 2 is 1.94 bits per heavy atom. The molecule has 1 aliphatic heterocycles. The Hall–Kier alpha value is -0.980. The van der Waals surface area contributed by atoms with Crippen molar-refractivity contribution in [1.82, 2.24) is 4.90 Å². The minimum absolute atomic E-state index is 0.0195. The Labute approximate surface area is 104 Å². The molecule has 1 unspecified atom stereocenters. The molecule has 0 bridgehead atoms. The summed E-state index contributed by atoms with van der Waals surface area (Å²) in [7, 11) is 0. The molecule has 1 rings (SSSR count). The third kappa shape index (κ3) is 2.71. The third-order valence-corrected chi connectivity index (χ3v) is 2.97. The van der Waals surface area contributed by atoms with Gasteiger partial charge in [-0.2, -0.15) is 13.2 Å². The van der Waals surface area contributed by atoms with E-state index >= 15 is 0 Å². The van der Waals surface area contributed by atoms with Crippen molar-refractivity contribution in [3.8, 4) is 0 Å². The highest BCUT2D eigenvalue weighted by Gasteiger charge is 2.61. The first-order valence-electron chi connectivity index (χ1n) is 5.81. The van der Waals surface area contributed by atoms with Crippen LogP contribution in [-0.4, -0.2) is 41.4 Å². The standard InChI is InChI=1S/C11H19F3N2O2/c1-9(2,3)18-8(17)16-6-4-5-10(16,7-15)11(12,13)14/h4-7,15H2,1-3H3. The quantitative estimate of drug-likeness (QED) is 0.793. The Morgan fingerprint density at radius 1 is 1.39 bits per heavy atom. The number of carbonyl (C=O) groups is 1. The molecule has 1 atom stereocenters. The lowest BCUT2D eigenvalue weighted by molar-refractivity contribution is -0.215. The van der Waals surface area contributed by atoms with Crippen molar-refractivity contribution in [3.05, 3.63) is 0 Å². The van der Waals surface area contributed by atoms with Crippen LogP contribution in [-0.2, 0) is 4.74 Å². The maximum absolute atomic E-state index is 13.1. The summed E-state index contributed by atoms with van der Waals surface area (Å²) >= 11 is 0. The number of hydrogen-bond acceptors (Lipinski definition) is 3. The number of nitrogens with two attached hydrogens (primary N) is 1. The highest BCUT2D eigenvalue weighted by atomic mass is 19.4. The van der Waals surface area contributed by atoms with Gasteiger partial charge in [0, 0.05) is 13.1 Å². The largest absolute Gasteiger partial charge is 0.444 e. The van der Waals surface area contributed by atoms with E-state index in [1.165, 1.54) is 0 Å². The van der Waals surface area contributed by atoms with Crippen LogP contribution >= 0.6 is 0 Å². The Bertz CT molecular complexity index is 325. The highest BCUT2D eigenvalue weighted by molar-refractivity contribution is 5.70. The van der Waals surface area contributed by atoms with Gasteiger partial charge in [-0.1, -0.05) is 0 Å². The zero-order valence-electron chi connectivity index (χ0n) is 10.8. The maximum atomic E-state index is 13.1. The van der Waals surface area contributed by atoms with Crippen molar-refractivity contribution in [2.24, 2.45) is 5.73 Å². The van der Waals surface area contributed by atoms with Crippen LogP contribution in [0.15, 0.2) is 0 Å². The number of ether oxygens (including phenoxy) is 1. The fourth-order valence-electron chi connectivity index (χ4n) is 2.08. The lowest BCUT2D eigenvalue weighted by atomic mass is 9.96. The van der Waals surface area contributed by atoms with Crippen LogP contribution in [0.4, 0.5) is 18.0 Å². The van der Waals surface area contributed by atoms with Crippen LogP contribution in [0.1, 0.15) is 33.6 Å². The van der Waals surface area contributed by atoms with Crippen molar-refractivity contribution in [3.63, 3.8) is 0 Å². The summed E-state index contributed by atoms with van der Waals surface area (Å²) in [4.78, 5) is 12.6. The van der Waals surface area contributed by atoms with Crippen LogP contribution in [0.2, 0.25) is 0 Å². The zero-order valence-corrected chi connectivity index (χ0v) is 10.8. The second kappa shape index (κ2) is 4.60. The molecule has 0 spiro atoms. The van der Waals surface area contributed by atoms with Gasteiger partial charge in [-0.3, -0.25) is 4.90 Å². The number of amides is 1. The second-order valence-electron chi connectivity index (χ2n) is 5.47. The summed E-state index contributed by atoms with van der Waals surface area (Å²) < 4.78 is 44.4. The molecule has 0 saturated carbocycles. The molecule has 106 valence electrons.